The van der Waals surface area contributed by atoms with E-state index in [1.165, 1.54) is 13.0 Å². The molecule has 2 aromatic rings. The highest BCUT2D eigenvalue weighted by Crippen LogP contribution is 2.41. The topological polar surface area (TPSA) is 136 Å². The molecule has 150 valence electrons. The van der Waals surface area contributed by atoms with E-state index in [4.69, 9.17) is 18.6 Å². The number of benzene rings is 1. The lowest BCUT2D eigenvalue weighted by Crippen LogP contribution is -2.50. The monoisotopic (exact) mass is 392 g/mol. The average molecular weight is 392 g/mol. The van der Waals surface area contributed by atoms with Crippen molar-refractivity contribution in [1.82, 2.24) is 0 Å². The van der Waals surface area contributed by atoms with Crippen LogP contribution in [0, 0.1) is 0 Å². The van der Waals surface area contributed by atoms with Crippen molar-refractivity contribution in [2.45, 2.75) is 43.2 Å². The second kappa shape index (κ2) is 6.47. The number of aliphatic hydroxyl groups is 3. The standard InChI is InChI=1S/C19H20O9/c1-18(23,6-11-7-19(24,9-20)17(22)26-11)13-8-25-12-4-2-10-3-5-14(21)28-15(10)16(12)27-13/h2-5,11,13,20,23-24H,6-9H2,1H3/t11-,13+,18-,19-/m1/s1. The van der Waals surface area contributed by atoms with Crippen LogP contribution in [0.4, 0.5) is 0 Å². The molecular weight excluding hydrogens is 372 g/mol. The minimum Gasteiger partial charge on any atom is -0.486 e. The molecule has 0 unspecified atom stereocenters. The van der Waals surface area contributed by atoms with Gasteiger partial charge in [0, 0.05) is 24.3 Å². The Morgan fingerprint density at radius 2 is 1.96 bits per heavy atom. The molecule has 4 rings (SSSR count). The van der Waals surface area contributed by atoms with Gasteiger partial charge in [-0.05, 0) is 25.1 Å². The quantitative estimate of drug-likeness (QED) is 0.489. The van der Waals surface area contributed by atoms with Crippen molar-refractivity contribution < 1.29 is 38.7 Å². The third-order valence-corrected chi connectivity index (χ3v) is 5.17. The third kappa shape index (κ3) is 3.11. The number of carbonyl (C=O) groups excluding carboxylic acids is 1. The number of esters is 1. The second-order valence-electron chi connectivity index (χ2n) is 7.47. The van der Waals surface area contributed by atoms with E-state index < -0.39 is 41.6 Å². The molecule has 3 heterocycles. The molecule has 4 atom stereocenters. The van der Waals surface area contributed by atoms with Crippen molar-refractivity contribution in [2.24, 2.45) is 0 Å². The van der Waals surface area contributed by atoms with Gasteiger partial charge in [-0.3, -0.25) is 0 Å². The van der Waals surface area contributed by atoms with Crippen molar-refractivity contribution in [3.05, 3.63) is 34.7 Å². The van der Waals surface area contributed by atoms with Crippen LogP contribution in [-0.4, -0.2) is 57.9 Å². The number of carbonyl (C=O) groups is 1. The predicted molar refractivity (Wildman–Crippen MR) is 94.2 cm³/mol. The molecule has 1 fully saturated rings. The molecule has 9 heteroatoms. The van der Waals surface area contributed by atoms with E-state index in [0.717, 1.165) is 0 Å². The fourth-order valence-corrected chi connectivity index (χ4v) is 3.56. The number of cyclic esters (lactones) is 1. The number of ether oxygens (including phenoxy) is 3. The Balaban J connectivity index is 1.57. The van der Waals surface area contributed by atoms with Crippen LogP contribution in [-0.2, 0) is 9.53 Å². The van der Waals surface area contributed by atoms with Crippen molar-refractivity contribution in [3.8, 4) is 11.5 Å². The highest BCUT2D eigenvalue weighted by molar-refractivity contribution is 5.85. The Kier molecular flexibility index (Phi) is 4.33. The maximum absolute atomic E-state index is 11.7. The summed E-state index contributed by atoms with van der Waals surface area (Å²) in [6, 6.07) is 6.30. The van der Waals surface area contributed by atoms with E-state index in [-0.39, 0.29) is 30.8 Å². The summed E-state index contributed by atoms with van der Waals surface area (Å²) in [7, 11) is 0. The van der Waals surface area contributed by atoms with Crippen LogP contribution in [0.3, 0.4) is 0 Å². The Bertz CT molecular complexity index is 979. The number of hydrogen-bond donors (Lipinski definition) is 3. The highest BCUT2D eigenvalue weighted by atomic mass is 16.6. The first-order valence-electron chi connectivity index (χ1n) is 8.85. The molecule has 0 spiro atoms. The highest BCUT2D eigenvalue weighted by Gasteiger charge is 2.50. The summed E-state index contributed by atoms with van der Waals surface area (Å²) in [5.74, 6) is -0.326. The lowest BCUT2D eigenvalue weighted by Gasteiger charge is -2.37. The zero-order valence-electron chi connectivity index (χ0n) is 15.1. The van der Waals surface area contributed by atoms with Crippen LogP contribution in [0.1, 0.15) is 19.8 Å². The van der Waals surface area contributed by atoms with E-state index in [9.17, 15) is 24.9 Å². The molecule has 0 saturated carbocycles. The van der Waals surface area contributed by atoms with Gasteiger partial charge >= 0.3 is 11.6 Å². The van der Waals surface area contributed by atoms with Crippen LogP contribution < -0.4 is 15.1 Å². The van der Waals surface area contributed by atoms with Gasteiger partial charge in [-0.25, -0.2) is 9.59 Å². The predicted octanol–water partition coefficient (Wildman–Crippen LogP) is 0.113. The largest absolute Gasteiger partial charge is 0.486 e. The van der Waals surface area contributed by atoms with Crippen molar-refractivity contribution in [2.75, 3.05) is 13.2 Å². The summed E-state index contributed by atoms with van der Waals surface area (Å²) < 4.78 is 21.9. The lowest BCUT2D eigenvalue weighted by molar-refractivity contribution is -0.159. The molecule has 1 saturated heterocycles. The van der Waals surface area contributed by atoms with Crippen molar-refractivity contribution in [1.29, 1.82) is 0 Å². The minimum absolute atomic E-state index is 0.0213. The maximum Gasteiger partial charge on any atom is 0.340 e. The molecule has 3 N–H and O–H groups in total. The smallest absolute Gasteiger partial charge is 0.340 e. The Hall–Kier alpha value is -2.62. The summed E-state index contributed by atoms with van der Waals surface area (Å²) in [6.45, 7) is 0.761. The summed E-state index contributed by atoms with van der Waals surface area (Å²) >= 11 is 0. The van der Waals surface area contributed by atoms with Gasteiger partial charge in [-0.1, -0.05) is 0 Å². The van der Waals surface area contributed by atoms with Gasteiger partial charge in [-0.15, -0.1) is 0 Å². The molecule has 9 nitrogen and oxygen atoms in total. The Morgan fingerprint density at radius 3 is 2.68 bits per heavy atom. The second-order valence-corrected chi connectivity index (χ2v) is 7.47. The number of fused-ring (bicyclic) bond motifs is 3. The summed E-state index contributed by atoms with van der Waals surface area (Å²) in [4.78, 5) is 23.3. The third-order valence-electron chi connectivity index (χ3n) is 5.17. The van der Waals surface area contributed by atoms with E-state index >= 15 is 0 Å². The summed E-state index contributed by atoms with van der Waals surface area (Å²) in [5, 5.41) is 30.8. The summed E-state index contributed by atoms with van der Waals surface area (Å²) in [5.41, 5.74) is -3.79. The van der Waals surface area contributed by atoms with Crippen LogP contribution in [0.2, 0.25) is 0 Å². The number of hydrogen-bond acceptors (Lipinski definition) is 9. The van der Waals surface area contributed by atoms with E-state index in [1.54, 1.807) is 18.2 Å². The SMILES string of the molecule is C[C@@](O)(C[C@@H]1C[C@@](O)(CO)C(=O)O1)[C@@H]1COc2ccc3ccc(=O)oc3c2O1. The number of rotatable bonds is 4. The van der Waals surface area contributed by atoms with Gasteiger partial charge in [0.15, 0.2) is 23.0 Å². The van der Waals surface area contributed by atoms with Gasteiger partial charge in [0.05, 0.1) is 6.61 Å². The van der Waals surface area contributed by atoms with E-state index in [0.29, 0.717) is 11.1 Å². The fourth-order valence-electron chi connectivity index (χ4n) is 3.56. The van der Waals surface area contributed by atoms with Crippen molar-refractivity contribution in [3.63, 3.8) is 0 Å². The molecule has 0 bridgehead atoms. The van der Waals surface area contributed by atoms with Crippen LogP contribution in [0.5, 0.6) is 11.5 Å². The molecular formula is C19H20O9. The molecule has 2 aliphatic heterocycles. The van der Waals surface area contributed by atoms with Gasteiger partial charge in [0.25, 0.3) is 0 Å². The van der Waals surface area contributed by atoms with Gasteiger partial charge in [0.1, 0.15) is 18.3 Å². The zero-order chi connectivity index (χ0) is 20.1. The zero-order valence-corrected chi connectivity index (χ0v) is 15.1. The van der Waals surface area contributed by atoms with Gasteiger partial charge in [-0.2, -0.15) is 0 Å². The molecule has 28 heavy (non-hydrogen) atoms. The minimum atomic E-state index is -1.96. The first-order chi connectivity index (χ1) is 13.2. The van der Waals surface area contributed by atoms with Crippen LogP contribution >= 0.6 is 0 Å². The molecule has 0 aliphatic carbocycles. The normalized spacial score (nSPS) is 28.8. The van der Waals surface area contributed by atoms with Crippen LogP contribution in [0.15, 0.2) is 33.5 Å². The Labute approximate surface area is 159 Å². The van der Waals surface area contributed by atoms with E-state index in [2.05, 4.69) is 0 Å². The van der Waals surface area contributed by atoms with Crippen LogP contribution in [0.25, 0.3) is 11.0 Å². The molecule has 0 radical (unpaired) electrons. The Morgan fingerprint density at radius 1 is 1.21 bits per heavy atom. The molecule has 0 amide bonds. The van der Waals surface area contributed by atoms with Gasteiger partial charge in [0.2, 0.25) is 5.75 Å². The maximum atomic E-state index is 11.7. The van der Waals surface area contributed by atoms with Gasteiger partial charge < -0.3 is 33.9 Å². The average Bonchev–Trinajstić information content (AvgIpc) is 2.94. The van der Waals surface area contributed by atoms with Crippen molar-refractivity contribution >= 4 is 16.9 Å². The molecule has 1 aromatic heterocycles. The van der Waals surface area contributed by atoms with E-state index in [1.807, 2.05) is 0 Å². The summed E-state index contributed by atoms with van der Waals surface area (Å²) in [6.07, 6.45) is -1.83. The first kappa shape index (κ1) is 18.7. The first-order valence-corrected chi connectivity index (χ1v) is 8.85. The number of aliphatic hydroxyl groups excluding tert-OH is 1. The lowest BCUT2D eigenvalue weighted by atomic mass is 9.88. The fraction of sp³-hybridized carbons (Fsp3) is 0.474. The molecule has 1 aromatic carbocycles. The molecule has 2 aliphatic rings.